The van der Waals surface area contributed by atoms with Crippen molar-refractivity contribution in [3.63, 3.8) is 0 Å². The number of carbonyl (C=O) groups is 1. The molecule has 1 amide bonds. The van der Waals surface area contributed by atoms with Gasteiger partial charge in [-0.05, 0) is 37.1 Å². The summed E-state index contributed by atoms with van der Waals surface area (Å²) in [5.41, 5.74) is 0. The van der Waals surface area contributed by atoms with Crippen LogP contribution in [0.5, 0.6) is 5.75 Å². The number of amides is 1. The van der Waals surface area contributed by atoms with Gasteiger partial charge >= 0.3 is 0 Å². The monoisotopic (exact) mass is 253 g/mol. The highest BCUT2D eigenvalue weighted by molar-refractivity contribution is 5.77. The summed E-state index contributed by atoms with van der Waals surface area (Å²) in [5, 5.41) is 2.74. The van der Waals surface area contributed by atoms with E-state index in [0.717, 1.165) is 19.4 Å². The van der Waals surface area contributed by atoms with Crippen LogP contribution in [0.2, 0.25) is 0 Å². The summed E-state index contributed by atoms with van der Waals surface area (Å²) in [5.74, 6) is -0.0522. The average Bonchev–Trinajstić information content (AvgIpc) is 2.89. The molecule has 5 heteroatoms. The second-order valence-corrected chi connectivity index (χ2v) is 4.18. The lowest BCUT2D eigenvalue weighted by molar-refractivity contribution is -0.123. The fraction of sp³-hybridized carbons (Fsp3) is 0.462. The summed E-state index contributed by atoms with van der Waals surface area (Å²) in [6.07, 6.45) is 2.16. The molecular formula is C13H16FNO3. The van der Waals surface area contributed by atoms with Crippen LogP contribution in [0, 0.1) is 5.82 Å². The third-order valence-electron chi connectivity index (χ3n) is 2.73. The number of hydrogen-bond donors (Lipinski definition) is 1. The van der Waals surface area contributed by atoms with Gasteiger partial charge in [-0.15, -0.1) is 0 Å². The van der Waals surface area contributed by atoms with Crippen LogP contribution in [-0.2, 0) is 9.53 Å². The Morgan fingerprint density at radius 2 is 2.22 bits per heavy atom. The zero-order chi connectivity index (χ0) is 12.8. The van der Waals surface area contributed by atoms with Crippen molar-refractivity contribution in [2.24, 2.45) is 0 Å². The SMILES string of the molecule is O=C(COc1ccc(F)cc1)NC[C@H]1CCCO1. The van der Waals surface area contributed by atoms with Crippen LogP contribution in [0.25, 0.3) is 0 Å². The van der Waals surface area contributed by atoms with E-state index in [9.17, 15) is 9.18 Å². The maximum atomic E-state index is 12.6. The van der Waals surface area contributed by atoms with E-state index in [1.807, 2.05) is 0 Å². The number of carbonyl (C=O) groups excluding carboxylic acids is 1. The first-order valence-corrected chi connectivity index (χ1v) is 6.01. The highest BCUT2D eigenvalue weighted by Crippen LogP contribution is 2.11. The van der Waals surface area contributed by atoms with E-state index in [1.54, 1.807) is 0 Å². The second-order valence-electron chi connectivity index (χ2n) is 4.18. The lowest BCUT2D eigenvalue weighted by Gasteiger charge is -2.11. The highest BCUT2D eigenvalue weighted by atomic mass is 19.1. The Balaban J connectivity index is 1.66. The molecule has 1 aromatic carbocycles. The first kappa shape index (κ1) is 12.8. The summed E-state index contributed by atoms with van der Waals surface area (Å²) in [6.45, 7) is 1.22. The van der Waals surface area contributed by atoms with Crippen LogP contribution in [0.3, 0.4) is 0 Å². The number of ether oxygens (including phenoxy) is 2. The second kappa shape index (κ2) is 6.35. The summed E-state index contributed by atoms with van der Waals surface area (Å²) in [4.78, 5) is 11.5. The Labute approximate surface area is 105 Å². The van der Waals surface area contributed by atoms with Crippen molar-refractivity contribution in [2.75, 3.05) is 19.8 Å². The van der Waals surface area contributed by atoms with Gasteiger partial charge in [0.25, 0.3) is 5.91 Å². The van der Waals surface area contributed by atoms with Gasteiger partial charge in [-0.2, -0.15) is 0 Å². The lowest BCUT2D eigenvalue weighted by Crippen LogP contribution is -2.35. The van der Waals surface area contributed by atoms with Gasteiger partial charge in [-0.25, -0.2) is 4.39 Å². The summed E-state index contributed by atoms with van der Waals surface area (Å²) in [7, 11) is 0. The quantitative estimate of drug-likeness (QED) is 0.865. The average molecular weight is 253 g/mol. The third kappa shape index (κ3) is 4.00. The largest absolute Gasteiger partial charge is 0.484 e. The van der Waals surface area contributed by atoms with Crippen molar-refractivity contribution >= 4 is 5.91 Å². The molecule has 1 heterocycles. The van der Waals surface area contributed by atoms with E-state index in [2.05, 4.69) is 5.32 Å². The van der Waals surface area contributed by atoms with E-state index in [4.69, 9.17) is 9.47 Å². The Morgan fingerprint density at radius 3 is 2.89 bits per heavy atom. The molecule has 2 rings (SSSR count). The normalized spacial score (nSPS) is 18.6. The molecule has 1 N–H and O–H groups in total. The molecule has 1 aromatic rings. The van der Waals surface area contributed by atoms with Gasteiger partial charge in [0.2, 0.25) is 0 Å². The molecule has 0 aromatic heterocycles. The minimum atomic E-state index is -0.329. The number of hydrogen-bond acceptors (Lipinski definition) is 3. The molecule has 98 valence electrons. The molecule has 0 aliphatic carbocycles. The zero-order valence-electron chi connectivity index (χ0n) is 10.0. The highest BCUT2D eigenvalue weighted by Gasteiger charge is 2.16. The molecule has 1 aliphatic rings. The van der Waals surface area contributed by atoms with E-state index in [0.29, 0.717) is 12.3 Å². The smallest absolute Gasteiger partial charge is 0.258 e. The number of halogens is 1. The standard InChI is InChI=1S/C13H16FNO3/c14-10-3-5-11(6-4-10)18-9-13(16)15-8-12-2-1-7-17-12/h3-6,12H,1-2,7-9H2,(H,15,16)/t12-/m1/s1. The van der Waals surface area contributed by atoms with Gasteiger partial charge in [0.1, 0.15) is 11.6 Å². The molecule has 0 unspecified atom stereocenters. The number of nitrogens with one attached hydrogen (secondary N) is 1. The van der Waals surface area contributed by atoms with Crippen LogP contribution >= 0.6 is 0 Å². The van der Waals surface area contributed by atoms with Crippen LogP contribution in [0.1, 0.15) is 12.8 Å². The lowest BCUT2D eigenvalue weighted by atomic mass is 10.2. The van der Waals surface area contributed by atoms with E-state index >= 15 is 0 Å². The van der Waals surface area contributed by atoms with Gasteiger partial charge in [0, 0.05) is 13.2 Å². The first-order valence-electron chi connectivity index (χ1n) is 6.01. The van der Waals surface area contributed by atoms with Crippen molar-refractivity contribution in [2.45, 2.75) is 18.9 Å². The van der Waals surface area contributed by atoms with Gasteiger partial charge in [0.15, 0.2) is 6.61 Å². The topological polar surface area (TPSA) is 47.6 Å². The fourth-order valence-corrected chi connectivity index (χ4v) is 1.76. The minimum Gasteiger partial charge on any atom is -0.484 e. The summed E-state index contributed by atoms with van der Waals surface area (Å²) < 4.78 is 23.2. The molecule has 0 saturated carbocycles. The molecule has 1 fully saturated rings. The molecule has 0 bridgehead atoms. The van der Waals surface area contributed by atoms with Crippen LogP contribution in [0.15, 0.2) is 24.3 Å². The summed E-state index contributed by atoms with van der Waals surface area (Å²) in [6, 6.07) is 5.56. The summed E-state index contributed by atoms with van der Waals surface area (Å²) >= 11 is 0. The molecule has 1 atom stereocenters. The van der Waals surface area contributed by atoms with Gasteiger partial charge in [0.05, 0.1) is 6.10 Å². The molecular weight excluding hydrogens is 237 g/mol. The molecule has 4 nitrogen and oxygen atoms in total. The molecule has 1 aliphatic heterocycles. The first-order chi connectivity index (χ1) is 8.74. The number of rotatable bonds is 5. The van der Waals surface area contributed by atoms with E-state index in [1.165, 1.54) is 24.3 Å². The van der Waals surface area contributed by atoms with Crippen molar-refractivity contribution in [3.05, 3.63) is 30.1 Å². The van der Waals surface area contributed by atoms with Gasteiger partial charge in [-0.1, -0.05) is 0 Å². The molecule has 0 radical (unpaired) electrons. The predicted molar refractivity (Wildman–Crippen MR) is 63.9 cm³/mol. The zero-order valence-corrected chi connectivity index (χ0v) is 10.0. The van der Waals surface area contributed by atoms with Crippen molar-refractivity contribution in [1.29, 1.82) is 0 Å². The maximum absolute atomic E-state index is 12.6. The van der Waals surface area contributed by atoms with Gasteiger partial charge < -0.3 is 14.8 Å². The van der Waals surface area contributed by atoms with Crippen LogP contribution in [0.4, 0.5) is 4.39 Å². The Morgan fingerprint density at radius 1 is 1.44 bits per heavy atom. The van der Waals surface area contributed by atoms with Gasteiger partial charge in [-0.3, -0.25) is 4.79 Å². The molecule has 18 heavy (non-hydrogen) atoms. The Hall–Kier alpha value is -1.62. The fourth-order valence-electron chi connectivity index (χ4n) is 1.76. The van der Waals surface area contributed by atoms with Crippen molar-refractivity contribution in [3.8, 4) is 5.75 Å². The predicted octanol–water partition coefficient (Wildman–Crippen LogP) is 1.50. The van der Waals surface area contributed by atoms with E-state index in [-0.39, 0.29) is 24.4 Å². The Bertz CT molecular complexity index is 388. The maximum Gasteiger partial charge on any atom is 0.258 e. The Kier molecular flexibility index (Phi) is 4.52. The van der Waals surface area contributed by atoms with E-state index < -0.39 is 0 Å². The number of benzene rings is 1. The molecule has 0 spiro atoms. The van der Waals surface area contributed by atoms with Crippen molar-refractivity contribution < 1.29 is 18.7 Å². The van der Waals surface area contributed by atoms with Crippen molar-refractivity contribution in [1.82, 2.24) is 5.32 Å². The molecule has 1 saturated heterocycles. The van der Waals surface area contributed by atoms with Crippen LogP contribution in [-0.4, -0.2) is 31.8 Å². The minimum absolute atomic E-state index is 0.0711. The van der Waals surface area contributed by atoms with Crippen LogP contribution < -0.4 is 10.1 Å². The third-order valence-corrected chi connectivity index (χ3v) is 2.73.